The second-order valence-electron chi connectivity index (χ2n) is 9.53. The van der Waals surface area contributed by atoms with E-state index < -0.39 is 204 Å². The number of carbonyl (C=O) groups is 1. The first-order valence-corrected chi connectivity index (χ1v) is 14.5. The maximum Gasteiger partial charge on any atom is 0.416 e. The van der Waals surface area contributed by atoms with E-state index in [0.29, 0.717) is 16.4 Å². The molecule has 0 fully saturated rings. The molecule has 1 aliphatic rings. The van der Waals surface area contributed by atoms with Crippen molar-refractivity contribution in [1.29, 1.82) is 0 Å². The smallest absolute Gasteiger partial charge is 0.336 e. The number of alkyl halides is 3. The van der Waals surface area contributed by atoms with E-state index in [1.54, 1.807) is 0 Å². The minimum absolute atomic E-state index is 0.0182. The summed E-state index contributed by atoms with van der Waals surface area (Å²) < 4.78 is 271. The normalized spacial score (nSPS) is 26.7. The Morgan fingerprint density at radius 2 is 1.60 bits per heavy atom. The maximum absolute atomic E-state index is 15.1. The standard InChI is InChI=1S/C37H40F4N4O2S/c1-4-43(5-2)18-19-44(22-26-6-10-28(11-7-26)29-12-14-30(15-13-29)37(39,40)41)34(46)23-45-33-21-25(3)20-32(33)35(47)42-36(45)48-24-27-8-16-31(38)17-9-27/h6-17,25H,4-5,18-24H2,1-3H3/i4D2,5D2,6D,7D,8D,9D,10D,11D,12D,13D,14D,15D,16D,17D,20D2,21D2,22D2,24D2,25D. The molecule has 1 unspecified atom stereocenters. The number of carbonyl (C=O) groups excluding carboxylic acids is 1. The summed E-state index contributed by atoms with van der Waals surface area (Å²) in [7, 11) is 0. The summed E-state index contributed by atoms with van der Waals surface area (Å²) in [5, 5.41) is -1.16. The zero-order chi connectivity index (χ0) is 56.5. The van der Waals surface area contributed by atoms with Crippen molar-refractivity contribution in [2.24, 2.45) is 5.89 Å². The van der Waals surface area contributed by atoms with Gasteiger partial charge in [0.2, 0.25) is 5.91 Å². The van der Waals surface area contributed by atoms with Crippen molar-refractivity contribution in [3.63, 3.8) is 0 Å². The van der Waals surface area contributed by atoms with Gasteiger partial charge in [0.25, 0.3) is 5.56 Å². The zero-order valence-corrected chi connectivity index (χ0v) is 26.0. The Labute approximate surface area is 317 Å². The number of hydrogen-bond acceptors (Lipinski definition) is 5. The number of fused-ring (bicyclic) bond motifs is 1. The van der Waals surface area contributed by atoms with Crippen LogP contribution < -0.4 is 5.56 Å². The average molecular weight is 706 g/mol. The first kappa shape index (κ1) is 15.3. The Hall–Kier alpha value is -3.96. The molecule has 1 heterocycles. The van der Waals surface area contributed by atoms with Crippen molar-refractivity contribution >= 4 is 17.7 Å². The predicted molar refractivity (Wildman–Crippen MR) is 181 cm³/mol. The SMILES string of the molecule is [2H]c1c([2H])c(C([2H])([2H])Sc2nc(=O)c3c(n2CC(=O)N(CCN(C([2H])([2H])C)C([2H])([2H])C)C([2H])([2H])c2c([2H])c([2H])c(-c4c([2H])c([2H])c(C(F)(F)F)c([2H])c4[2H])c([2H])c2[2H])C([2H])([2H])C([2H])(C)C3([2H])[2H])c([2H])c([2H])c1F. The number of likely N-dealkylation sites (N-methyl/N-ethyl adjacent to an activating group) is 1. The number of hydrogen-bond donors (Lipinski definition) is 0. The van der Waals surface area contributed by atoms with Crippen molar-refractivity contribution in [2.75, 3.05) is 26.1 Å². The van der Waals surface area contributed by atoms with Gasteiger partial charge in [-0.1, -0.05) is 80.9 Å². The molecular formula is C37H40F4N4O2S. The molecule has 4 aromatic rings. The number of thioether (sulfide) groups is 1. The quantitative estimate of drug-likeness (QED) is 0.0822. The highest BCUT2D eigenvalue weighted by atomic mass is 32.2. The Kier molecular flexibility index (Phi) is 4.94. The lowest BCUT2D eigenvalue weighted by Gasteiger charge is -2.28. The molecule has 1 atom stereocenters. The zero-order valence-electron chi connectivity index (χ0n) is 50.1. The second kappa shape index (κ2) is 15.5. The van der Waals surface area contributed by atoms with E-state index in [-0.39, 0.29) is 16.7 Å². The third-order valence-electron chi connectivity index (χ3n) is 6.32. The van der Waals surface area contributed by atoms with Gasteiger partial charge in [-0.15, -0.1) is 0 Å². The summed E-state index contributed by atoms with van der Waals surface area (Å²) in [4.78, 5) is 33.0. The number of halogens is 4. The maximum atomic E-state index is 15.1. The van der Waals surface area contributed by atoms with E-state index in [1.165, 1.54) is 0 Å². The van der Waals surface area contributed by atoms with E-state index >= 15 is 4.79 Å². The molecule has 0 saturated carbocycles. The fraction of sp³-hybridized carbons (Fsp3) is 0.378. The molecule has 1 amide bonds. The summed E-state index contributed by atoms with van der Waals surface area (Å²) in [6.07, 6.45) is -12.2. The summed E-state index contributed by atoms with van der Waals surface area (Å²) >= 11 is -0.340. The summed E-state index contributed by atoms with van der Waals surface area (Å²) in [6.45, 7) is -10.7. The highest BCUT2D eigenvalue weighted by Crippen LogP contribution is 2.32. The van der Waals surface area contributed by atoms with Gasteiger partial charge >= 0.3 is 6.18 Å². The highest BCUT2D eigenvalue weighted by Gasteiger charge is 2.30. The van der Waals surface area contributed by atoms with E-state index in [0.717, 1.165) is 13.8 Å². The summed E-state index contributed by atoms with van der Waals surface area (Å²) in [6, 6.07) is -17.5. The van der Waals surface area contributed by atoms with Crippen molar-refractivity contribution in [3.8, 4) is 11.1 Å². The van der Waals surface area contributed by atoms with Gasteiger partial charge in [-0.25, -0.2) is 4.39 Å². The summed E-state index contributed by atoms with van der Waals surface area (Å²) in [5.41, 5.74) is -14.5. The molecule has 0 saturated heterocycles. The lowest BCUT2D eigenvalue weighted by Crippen LogP contribution is -2.40. The van der Waals surface area contributed by atoms with E-state index in [9.17, 15) is 25.1 Å². The van der Waals surface area contributed by atoms with Crippen LogP contribution >= 0.6 is 11.8 Å². The van der Waals surface area contributed by atoms with Crippen LogP contribution in [0.1, 0.15) is 83.0 Å². The van der Waals surface area contributed by atoms with E-state index in [2.05, 4.69) is 4.98 Å². The number of rotatable bonds is 13. The van der Waals surface area contributed by atoms with Gasteiger partial charge in [0.05, 0.1) is 24.8 Å². The molecule has 1 aromatic heterocycles. The van der Waals surface area contributed by atoms with Gasteiger partial charge < -0.3 is 14.4 Å². The largest absolute Gasteiger partial charge is 0.416 e. The topological polar surface area (TPSA) is 58.4 Å². The van der Waals surface area contributed by atoms with Crippen molar-refractivity contribution < 1.29 is 56.6 Å². The number of nitrogens with zero attached hydrogens (tertiary/aromatic N) is 4. The molecule has 0 spiro atoms. The van der Waals surface area contributed by atoms with Crippen LogP contribution in [0, 0.1) is 11.7 Å². The fourth-order valence-corrected chi connectivity index (χ4v) is 4.74. The van der Waals surface area contributed by atoms with Gasteiger partial charge in [0, 0.05) is 51.6 Å². The third-order valence-corrected chi connectivity index (χ3v) is 7.12. The van der Waals surface area contributed by atoms with Gasteiger partial charge in [-0.2, -0.15) is 18.2 Å². The first-order chi connectivity index (χ1) is 32.7. The van der Waals surface area contributed by atoms with Crippen molar-refractivity contribution in [2.45, 2.75) is 63.6 Å². The number of aromatic nitrogens is 2. The van der Waals surface area contributed by atoms with Crippen LogP contribution in [-0.2, 0) is 42.5 Å². The van der Waals surface area contributed by atoms with Crippen LogP contribution in [0.3, 0.4) is 0 Å². The molecule has 0 aliphatic heterocycles. The van der Waals surface area contributed by atoms with Gasteiger partial charge in [-0.3, -0.25) is 9.59 Å². The molecule has 0 radical (unpaired) electrons. The minimum atomic E-state index is -5.46. The summed E-state index contributed by atoms with van der Waals surface area (Å²) in [5.74, 6) is -6.49. The van der Waals surface area contributed by atoms with Gasteiger partial charge in [-0.05, 0) is 78.1 Å². The molecule has 5 rings (SSSR count). The molecular weight excluding hydrogens is 640 g/mol. The van der Waals surface area contributed by atoms with Gasteiger partial charge in [0.15, 0.2) is 5.16 Å². The van der Waals surface area contributed by atoms with Crippen LogP contribution in [0.5, 0.6) is 0 Å². The molecule has 0 bridgehead atoms. The van der Waals surface area contributed by atoms with Crippen LogP contribution in [0.2, 0.25) is 0 Å². The molecule has 1 aliphatic carbocycles. The lowest BCUT2D eigenvalue weighted by atomic mass is 10.0. The molecule has 3 aromatic carbocycles. The van der Waals surface area contributed by atoms with Crippen LogP contribution in [0.25, 0.3) is 11.1 Å². The molecule has 48 heavy (non-hydrogen) atoms. The first-order valence-electron chi connectivity index (χ1n) is 26.2. The molecule has 6 nitrogen and oxygen atoms in total. The van der Waals surface area contributed by atoms with Crippen molar-refractivity contribution in [1.82, 2.24) is 19.4 Å². The molecule has 11 heteroatoms. The van der Waals surface area contributed by atoms with Crippen LogP contribution in [-0.4, -0.2) is 51.3 Å². The average Bonchev–Trinajstić information content (AvgIpc) is 3.33. The Bertz CT molecular complexity index is 2930. The van der Waals surface area contributed by atoms with E-state index in [4.69, 9.17) is 31.5 Å². The highest BCUT2D eigenvalue weighted by molar-refractivity contribution is 7.98. The van der Waals surface area contributed by atoms with E-state index in [1.807, 2.05) is 0 Å². The van der Waals surface area contributed by atoms with Crippen molar-refractivity contribution in [3.05, 3.63) is 117 Å². The van der Waals surface area contributed by atoms with Crippen LogP contribution in [0.4, 0.5) is 17.6 Å². The third kappa shape index (κ3) is 8.73. The molecule has 254 valence electrons. The Morgan fingerprint density at radius 1 is 1.00 bits per heavy atom. The fourth-order valence-electron chi connectivity index (χ4n) is 4.05. The molecule has 0 N–H and O–H groups in total. The number of benzene rings is 3. The lowest BCUT2D eigenvalue weighted by molar-refractivity contribution is -0.137. The minimum Gasteiger partial charge on any atom is -0.336 e. The predicted octanol–water partition coefficient (Wildman–Crippen LogP) is 7.47. The second-order valence-corrected chi connectivity index (χ2v) is 10.3. The van der Waals surface area contributed by atoms with Crippen LogP contribution in [0.15, 0.2) is 82.5 Å². The van der Waals surface area contributed by atoms with Gasteiger partial charge in [0.1, 0.15) is 12.4 Å². The monoisotopic (exact) mass is 705 g/mol. The Morgan fingerprint density at radius 3 is 2.21 bits per heavy atom. The number of amides is 1. The Balaban J connectivity index is 1.85.